The lowest BCUT2D eigenvalue weighted by atomic mass is 9.96. The number of aromatic nitrogens is 2. The van der Waals surface area contributed by atoms with Crippen LogP contribution in [0.25, 0.3) is 88.4 Å². The second kappa shape index (κ2) is 13.3. The van der Waals surface area contributed by atoms with Gasteiger partial charge in [0, 0.05) is 27.1 Å². The van der Waals surface area contributed by atoms with Crippen LogP contribution in [0.4, 0.5) is 0 Å². The highest BCUT2D eigenvalue weighted by Gasteiger charge is 2.23. The average molecular weight is 729 g/mol. The Bertz CT molecular complexity index is 3360. The molecule has 0 spiro atoms. The molecule has 0 bridgehead atoms. The van der Waals surface area contributed by atoms with Crippen molar-refractivity contribution in [1.82, 2.24) is 9.13 Å². The van der Waals surface area contributed by atoms with Crippen LogP contribution in [-0.2, 0) is 0 Å². The van der Waals surface area contributed by atoms with Gasteiger partial charge in [0.25, 0.3) is 0 Å². The number of aryl methyl sites for hydroxylation is 3. The minimum Gasteiger partial charge on any atom is -0.309 e. The van der Waals surface area contributed by atoms with E-state index >= 15 is 0 Å². The van der Waals surface area contributed by atoms with E-state index < -0.39 is 0 Å². The third kappa shape index (κ3) is 5.58. The third-order valence-corrected chi connectivity index (χ3v) is 11.3. The van der Waals surface area contributed by atoms with Crippen molar-refractivity contribution in [1.29, 1.82) is 10.5 Å². The van der Waals surface area contributed by atoms with Crippen molar-refractivity contribution in [3.05, 3.63) is 192 Å². The second-order valence-corrected chi connectivity index (χ2v) is 15.1. The van der Waals surface area contributed by atoms with Gasteiger partial charge in [0.15, 0.2) is 0 Å². The number of benzene rings is 8. The van der Waals surface area contributed by atoms with Gasteiger partial charge in [-0.05, 0) is 103 Å². The summed E-state index contributed by atoms with van der Waals surface area (Å²) in [6.45, 7) is 6.27. The van der Waals surface area contributed by atoms with Gasteiger partial charge in [0.1, 0.15) is 6.07 Å². The summed E-state index contributed by atoms with van der Waals surface area (Å²) in [6, 6.07) is 62.7. The summed E-state index contributed by atoms with van der Waals surface area (Å²) in [5.74, 6) is 0. The van der Waals surface area contributed by atoms with E-state index in [2.05, 4.69) is 187 Å². The molecule has 0 fully saturated rings. The summed E-state index contributed by atoms with van der Waals surface area (Å²) >= 11 is 0. The zero-order valence-corrected chi connectivity index (χ0v) is 31.9. The Morgan fingerprint density at radius 1 is 0.368 bits per heavy atom. The first-order valence-corrected chi connectivity index (χ1v) is 19.2. The maximum atomic E-state index is 11.2. The van der Waals surface area contributed by atoms with Crippen LogP contribution < -0.4 is 0 Å². The lowest BCUT2D eigenvalue weighted by Crippen LogP contribution is -2.04. The highest BCUT2D eigenvalue weighted by Crippen LogP contribution is 2.42. The number of hydrogen-bond acceptors (Lipinski definition) is 2. The lowest BCUT2D eigenvalue weighted by molar-refractivity contribution is 1.13. The van der Waals surface area contributed by atoms with Crippen LogP contribution in [0, 0.1) is 43.4 Å². The molecule has 57 heavy (non-hydrogen) atoms. The summed E-state index contributed by atoms with van der Waals surface area (Å²) in [7, 11) is 0. The first-order valence-electron chi connectivity index (χ1n) is 19.2. The molecule has 0 unspecified atom stereocenters. The Morgan fingerprint density at radius 3 is 1.42 bits per heavy atom. The fraction of sp³-hybridized carbons (Fsp3) is 0.0566. The molecule has 0 radical (unpaired) electrons. The molecular formula is C53H36N4. The van der Waals surface area contributed by atoms with E-state index in [1.807, 2.05) is 19.1 Å². The van der Waals surface area contributed by atoms with Crippen LogP contribution in [0.15, 0.2) is 164 Å². The Balaban J connectivity index is 1.32. The Labute approximate surface area is 331 Å². The molecule has 4 heteroatoms. The van der Waals surface area contributed by atoms with Crippen LogP contribution in [0.1, 0.15) is 27.8 Å². The molecule has 0 aliphatic heterocycles. The predicted octanol–water partition coefficient (Wildman–Crippen LogP) is 13.6. The van der Waals surface area contributed by atoms with Crippen LogP contribution in [0.5, 0.6) is 0 Å². The van der Waals surface area contributed by atoms with Gasteiger partial charge in [0.05, 0.1) is 50.6 Å². The van der Waals surface area contributed by atoms with Crippen LogP contribution in [0.3, 0.4) is 0 Å². The van der Waals surface area contributed by atoms with Crippen molar-refractivity contribution < 1.29 is 0 Å². The molecule has 8 aromatic carbocycles. The summed E-state index contributed by atoms with van der Waals surface area (Å²) in [5.41, 5.74) is 16.7. The van der Waals surface area contributed by atoms with Gasteiger partial charge in [-0.15, -0.1) is 0 Å². The van der Waals surface area contributed by atoms with Crippen molar-refractivity contribution in [3.8, 4) is 56.9 Å². The topological polar surface area (TPSA) is 57.4 Å². The zero-order chi connectivity index (χ0) is 38.8. The minimum absolute atomic E-state index is 0.547. The Kier molecular flexibility index (Phi) is 7.89. The van der Waals surface area contributed by atoms with Gasteiger partial charge in [-0.25, -0.2) is 0 Å². The van der Waals surface area contributed by atoms with E-state index in [0.29, 0.717) is 11.1 Å². The SMILES string of the molecule is Cc1cccc(-c2ccc3c4ccccc4n(-c4cc(-c5cc(C)cc(C#N)c5)c(-n5c6ccccc6c6ccc(-c7cccc(C)c7)cc65)cc4C#N)c3c2)c1. The maximum Gasteiger partial charge on any atom is 0.101 e. The van der Waals surface area contributed by atoms with Crippen molar-refractivity contribution in [3.63, 3.8) is 0 Å². The maximum absolute atomic E-state index is 11.2. The van der Waals surface area contributed by atoms with E-state index in [-0.39, 0.29) is 0 Å². The number of nitrogens with zero attached hydrogens (tertiary/aromatic N) is 4. The highest BCUT2D eigenvalue weighted by molar-refractivity contribution is 6.12. The zero-order valence-electron chi connectivity index (χ0n) is 31.9. The minimum atomic E-state index is 0.547. The normalized spacial score (nSPS) is 11.4. The summed E-state index contributed by atoms with van der Waals surface area (Å²) in [6.07, 6.45) is 0. The van der Waals surface area contributed by atoms with Gasteiger partial charge in [-0.2, -0.15) is 10.5 Å². The molecule has 0 aliphatic carbocycles. The average Bonchev–Trinajstić information content (AvgIpc) is 3.75. The number of fused-ring (bicyclic) bond motifs is 6. The number of hydrogen-bond donors (Lipinski definition) is 0. The van der Waals surface area contributed by atoms with Crippen molar-refractivity contribution in [2.24, 2.45) is 0 Å². The van der Waals surface area contributed by atoms with Crippen LogP contribution in [0.2, 0.25) is 0 Å². The number of para-hydroxylation sites is 2. The molecule has 0 saturated heterocycles. The lowest BCUT2D eigenvalue weighted by Gasteiger charge is -2.19. The van der Waals surface area contributed by atoms with E-state index in [0.717, 1.165) is 93.9 Å². The van der Waals surface area contributed by atoms with Crippen LogP contribution >= 0.6 is 0 Å². The van der Waals surface area contributed by atoms with Gasteiger partial charge in [0.2, 0.25) is 0 Å². The third-order valence-electron chi connectivity index (χ3n) is 11.3. The molecule has 2 aromatic heterocycles. The van der Waals surface area contributed by atoms with E-state index in [9.17, 15) is 10.5 Å². The molecule has 268 valence electrons. The summed E-state index contributed by atoms with van der Waals surface area (Å²) in [4.78, 5) is 0. The molecule has 0 saturated carbocycles. The fourth-order valence-corrected chi connectivity index (χ4v) is 8.74. The molecule has 0 atom stereocenters. The molecule has 10 rings (SSSR count). The molecular weight excluding hydrogens is 693 g/mol. The smallest absolute Gasteiger partial charge is 0.101 e. The van der Waals surface area contributed by atoms with Gasteiger partial charge >= 0.3 is 0 Å². The monoisotopic (exact) mass is 728 g/mol. The first kappa shape index (κ1) is 33.9. The van der Waals surface area contributed by atoms with Gasteiger partial charge < -0.3 is 9.13 Å². The van der Waals surface area contributed by atoms with E-state index in [4.69, 9.17) is 0 Å². The Hall–Kier alpha value is -7.66. The molecule has 10 aromatic rings. The summed E-state index contributed by atoms with van der Waals surface area (Å²) < 4.78 is 4.55. The van der Waals surface area contributed by atoms with Crippen molar-refractivity contribution in [2.75, 3.05) is 0 Å². The molecule has 0 amide bonds. The fourth-order valence-electron chi connectivity index (χ4n) is 8.74. The quantitative estimate of drug-likeness (QED) is 0.177. The van der Waals surface area contributed by atoms with Crippen molar-refractivity contribution >= 4 is 43.6 Å². The highest BCUT2D eigenvalue weighted by atomic mass is 15.0. The molecule has 2 heterocycles. The molecule has 4 nitrogen and oxygen atoms in total. The van der Waals surface area contributed by atoms with E-state index in [1.165, 1.54) is 11.1 Å². The Morgan fingerprint density at radius 2 is 0.877 bits per heavy atom. The molecule has 0 N–H and O–H groups in total. The largest absolute Gasteiger partial charge is 0.309 e. The molecule has 0 aliphatic rings. The van der Waals surface area contributed by atoms with E-state index in [1.54, 1.807) is 0 Å². The predicted molar refractivity (Wildman–Crippen MR) is 235 cm³/mol. The van der Waals surface area contributed by atoms with Crippen LogP contribution in [-0.4, -0.2) is 9.13 Å². The van der Waals surface area contributed by atoms with Gasteiger partial charge in [-0.3, -0.25) is 0 Å². The summed E-state index contributed by atoms with van der Waals surface area (Å²) in [5, 5.41) is 25.8. The first-order chi connectivity index (χ1) is 27.9. The number of nitriles is 2. The second-order valence-electron chi connectivity index (χ2n) is 15.1. The standard InChI is InChI=1S/C53H36N4/c1-33-10-8-12-37(23-33)39-18-20-45-43-14-4-6-16-48(43)56(51(45)27-39)50-30-47(41-25-35(3)22-36(26-41)31-54)53(29-42(50)32-55)57-49-17-7-5-15-44(49)46-21-19-40(28-52(46)57)38-13-9-11-34(2)24-38/h4-30H,1-3H3. The van der Waals surface area contributed by atoms with Gasteiger partial charge in [-0.1, -0.05) is 126 Å². The van der Waals surface area contributed by atoms with Crippen molar-refractivity contribution in [2.45, 2.75) is 20.8 Å². The number of rotatable bonds is 5.